The molecule has 0 saturated heterocycles. The van der Waals surface area contributed by atoms with Crippen LogP contribution < -0.4 is 0 Å². The van der Waals surface area contributed by atoms with E-state index in [1.807, 2.05) is 0 Å². The van der Waals surface area contributed by atoms with E-state index in [0.29, 0.717) is 12.1 Å². The molecule has 0 unspecified atom stereocenters. The molecule has 0 spiro atoms. The number of hydrogen-bond acceptors (Lipinski definition) is 4. The van der Waals surface area contributed by atoms with Gasteiger partial charge in [0.15, 0.2) is 0 Å². The summed E-state index contributed by atoms with van der Waals surface area (Å²) in [6, 6.07) is 1.36. The van der Waals surface area contributed by atoms with Crippen LogP contribution >= 0.6 is 0 Å². The molecule has 0 bridgehead atoms. The summed E-state index contributed by atoms with van der Waals surface area (Å²) in [6.07, 6.45) is -3.65. The van der Waals surface area contributed by atoms with Crippen LogP contribution in [0.25, 0.3) is 6.08 Å². The number of allylic oxidation sites excluding steroid dienone is 1. The predicted molar refractivity (Wildman–Crippen MR) is 63.6 cm³/mol. The molecule has 4 nitrogen and oxygen atoms in total. The molecule has 0 N–H and O–H groups in total. The molecule has 1 aliphatic heterocycles. The Kier molecular flexibility index (Phi) is 3.16. The first-order valence-electron chi connectivity index (χ1n) is 5.36. The maximum atomic E-state index is 12.9. The third-order valence-corrected chi connectivity index (χ3v) is 4.83. The largest absolute Gasteiger partial charge is 0.465 e. The first kappa shape index (κ1) is 14.6. The second kappa shape index (κ2) is 4.34. The monoisotopic (exact) mass is 306 g/mol. The average molecular weight is 306 g/mol. The minimum absolute atomic E-state index is 0.0670. The van der Waals surface area contributed by atoms with E-state index in [9.17, 15) is 26.4 Å². The van der Waals surface area contributed by atoms with Gasteiger partial charge in [0, 0.05) is 4.91 Å². The minimum atomic E-state index is -4.79. The van der Waals surface area contributed by atoms with E-state index < -0.39 is 33.1 Å². The fourth-order valence-electron chi connectivity index (χ4n) is 1.93. The molecule has 20 heavy (non-hydrogen) atoms. The Morgan fingerprint density at radius 3 is 2.35 bits per heavy atom. The highest BCUT2D eigenvalue weighted by Crippen LogP contribution is 2.39. The lowest BCUT2D eigenvalue weighted by atomic mass is 10.0. The molecule has 108 valence electrons. The van der Waals surface area contributed by atoms with E-state index in [1.54, 1.807) is 0 Å². The summed E-state index contributed by atoms with van der Waals surface area (Å²) in [5, 5.41) is 0. The SMILES string of the molecule is COC(=O)c1cc2c(cc1C(F)(F)F)C=C(C)S2(=O)=O. The number of carbonyl (C=O) groups excluding carboxylic acids is 1. The number of esters is 1. The molecule has 1 aliphatic rings. The van der Waals surface area contributed by atoms with E-state index in [1.165, 1.54) is 6.92 Å². The third-order valence-electron chi connectivity index (χ3n) is 2.93. The van der Waals surface area contributed by atoms with Gasteiger partial charge in [0.05, 0.1) is 23.1 Å². The van der Waals surface area contributed by atoms with E-state index >= 15 is 0 Å². The zero-order chi connectivity index (χ0) is 15.3. The molecule has 8 heteroatoms. The van der Waals surface area contributed by atoms with Crippen molar-refractivity contribution in [3.63, 3.8) is 0 Å². The second-order valence-corrected chi connectivity index (χ2v) is 6.27. The number of sulfone groups is 1. The smallest absolute Gasteiger partial charge is 0.417 e. The molecule has 0 aliphatic carbocycles. The van der Waals surface area contributed by atoms with Crippen molar-refractivity contribution in [3.05, 3.63) is 33.7 Å². The lowest BCUT2D eigenvalue weighted by molar-refractivity contribution is -0.138. The molecule has 0 aromatic heterocycles. The van der Waals surface area contributed by atoms with E-state index in [2.05, 4.69) is 4.74 Å². The van der Waals surface area contributed by atoms with Crippen LogP contribution in [0.5, 0.6) is 0 Å². The lowest BCUT2D eigenvalue weighted by Crippen LogP contribution is -2.15. The molecular weight excluding hydrogens is 297 g/mol. The van der Waals surface area contributed by atoms with Gasteiger partial charge in [-0.3, -0.25) is 0 Å². The number of carbonyl (C=O) groups is 1. The number of hydrogen-bond donors (Lipinski definition) is 0. The fourth-order valence-corrected chi connectivity index (χ4v) is 3.26. The van der Waals surface area contributed by atoms with Gasteiger partial charge in [-0.1, -0.05) is 0 Å². The summed E-state index contributed by atoms with van der Waals surface area (Å²) < 4.78 is 66.9. The van der Waals surface area contributed by atoms with Crippen LogP contribution in [0.2, 0.25) is 0 Å². The van der Waals surface area contributed by atoms with Crippen LogP contribution in [0.15, 0.2) is 21.9 Å². The van der Waals surface area contributed by atoms with Crippen LogP contribution in [-0.4, -0.2) is 21.5 Å². The van der Waals surface area contributed by atoms with E-state index in [-0.39, 0.29) is 15.4 Å². The van der Waals surface area contributed by atoms with Crippen molar-refractivity contribution in [2.24, 2.45) is 0 Å². The van der Waals surface area contributed by atoms with Crippen molar-refractivity contribution in [1.29, 1.82) is 0 Å². The van der Waals surface area contributed by atoms with Gasteiger partial charge in [0.1, 0.15) is 0 Å². The van der Waals surface area contributed by atoms with Crippen molar-refractivity contribution >= 4 is 21.9 Å². The highest BCUT2D eigenvalue weighted by Gasteiger charge is 2.39. The molecule has 1 aromatic rings. The van der Waals surface area contributed by atoms with Crippen LogP contribution in [0.4, 0.5) is 13.2 Å². The Morgan fingerprint density at radius 1 is 1.25 bits per heavy atom. The minimum Gasteiger partial charge on any atom is -0.465 e. The molecule has 1 aromatic carbocycles. The molecule has 0 fully saturated rings. The third kappa shape index (κ3) is 2.09. The summed E-state index contributed by atoms with van der Waals surface area (Å²) in [5.74, 6) is -1.24. The van der Waals surface area contributed by atoms with Gasteiger partial charge in [-0.05, 0) is 30.7 Å². The molecule has 1 heterocycles. The predicted octanol–water partition coefficient (Wildman–Crippen LogP) is 2.64. The molecular formula is C12H9F3O4S. The number of ether oxygens (including phenoxy) is 1. The van der Waals surface area contributed by atoms with E-state index in [0.717, 1.165) is 13.2 Å². The number of halogens is 3. The topological polar surface area (TPSA) is 60.4 Å². The zero-order valence-electron chi connectivity index (χ0n) is 10.4. The van der Waals surface area contributed by atoms with Gasteiger partial charge in [0.25, 0.3) is 0 Å². The van der Waals surface area contributed by atoms with Crippen LogP contribution in [-0.2, 0) is 20.8 Å². The Balaban J connectivity index is 2.80. The second-order valence-electron chi connectivity index (χ2n) is 4.18. The quantitative estimate of drug-likeness (QED) is 0.748. The standard InChI is InChI=1S/C12H9F3O4S/c1-6-3-7-4-9(12(13,14)15)8(11(16)19-2)5-10(7)20(6,17)18/h3-5H,1-2H3. The van der Waals surface area contributed by atoms with Crippen LogP contribution in [0.1, 0.15) is 28.4 Å². The first-order chi connectivity index (χ1) is 9.09. The van der Waals surface area contributed by atoms with Crippen molar-refractivity contribution in [1.82, 2.24) is 0 Å². The maximum absolute atomic E-state index is 12.9. The Hall–Kier alpha value is -1.83. The first-order valence-corrected chi connectivity index (χ1v) is 6.84. The summed E-state index contributed by atoms with van der Waals surface area (Å²) in [7, 11) is -2.90. The molecule has 0 radical (unpaired) electrons. The molecule has 0 saturated carbocycles. The number of methoxy groups -OCH3 is 1. The number of alkyl halides is 3. The summed E-state index contributed by atoms with van der Waals surface area (Å²) >= 11 is 0. The summed E-state index contributed by atoms with van der Waals surface area (Å²) in [4.78, 5) is 11.1. The number of benzene rings is 1. The van der Waals surface area contributed by atoms with Gasteiger partial charge in [-0.2, -0.15) is 13.2 Å². The van der Waals surface area contributed by atoms with E-state index in [4.69, 9.17) is 0 Å². The Labute approximate surface area is 112 Å². The highest BCUT2D eigenvalue weighted by molar-refractivity contribution is 7.95. The lowest BCUT2D eigenvalue weighted by Gasteiger charge is -2.13. The number of fused-ring (bicyclic) bond motifs is 1. The average Bonchev–Trinajstić information content (AvgIpc) is 2.57. The zero-order valence-corrected chi connectivity index (χ0v) is 11.2. The van der Waals surface area contributed by atoms with Gasteiger partial charge in [-0.25, -0.2) is 13.2 Å². The van der Waals surface area contributed by atoms with Gasteiger partial charge in [-0.15, -0.1) is 0 Å². The van der Waals surface area contributed by atoms with Gasteiger partial charge >= 0.3 is 12.1 Å². The normalized spacial score (nSPS) is 16.6. The highest BCUT2D eigenvalue weighted by atomic mass is 32.2. The molecule has 0 atom stereocenters. The van der Waals surface area contributed by atoms with Crippen molar-refractivity contribution < 1.29 is 31.1 Å². The van der Waals surface area contributed by atoms with Gasteiger partial charge < -0.3 is 4.74 Å². The summed E-state index contributed by atoms with van der Waals surface area (Å²) in [6.45, 7) is 1.28. The van der Waals surface area contributed by atoms with Gasteiger partial charge in [0.2, 0.25) is 9.84 Å². The van der Waals surface area contributed by atoms with Crippen molar-refractivity contribution in [2.45, 2.75) is 18.0 Å². The van der Waals surface area contributed by atoms with Crippen molar-refractivity contribution in [2.75, 3.05) is 7.11 Å². The molecule has 2 rings (SSSR count). The Morgan fingerprint density at radius 2 is 1.85 bits per heavy atom. The van der Waals surface area contributed by atoms with Crippen LogP contribution in [0.3, 0.4) is 0 Å². The maximum Gasteiger partial charge on any atom is 0.417 e. The fraction of sp³-hybridized carbons (Fsp3) is 0.250. The number of rotatable bonds is 1. The summed E-state index contributed by atoms with van der Waals surface area (Å²) in [5.41, 5.74) is -2.11. The van der Waals surface area contributed by atoms with Crippen LogP contribution in [0, 0.1) is 0 Å². The molecule has 0 amide bonds. The Bertz CT molecular complexity index is 730. The van der Waals surface area contributed by atoms with Crippen molar-refractivity contribution in [3.8, 4) is 0 Å².